The standard InChI is InChI=1S/C14H21N3O5/c1-14(2,3)13-15-10(22-16-13)4-5-11(18)17-6-7-21-8-9(17)12(19)20/h9H,4-8H2,1-3H3,(H,19,20). The van der Waals surface area contributed by atoms with Crippen molar-refractivity contribution in [2.45, 2.75) is 45.1 Å². The highest BCUT2D eigenvalue weighted by atomic mass is 16.5. The summed E-state index contributed by atoms with van der Waals surface area (Å²) in [5, 5.41) is 13.0. The number of carbonyl (C=O) groups is 2. The fraction of sp³-hybridized carbons (Fsp3) is 0.714. The molecular weight excluding hydrogens is 290 g/mol. The lowest BCUT2D eigenvalue weighted by molar-refractivity contribution is -0.158. The van der Waals surface area contributed by atoms with Gasteiger partial charge in [-0.15, -0.1) is 0 Å². The first-order valence-corrected chi connectivity index (χ1v) is 7.22. The van der Waals surface area contributed by atoms with E-state index < -0.39 is 12.0 Å². The first-order valence-electron chi connectivity index (χ1n) is 7.22. The van der Waals surface area contributed by atoms with Crippen LogP contribution < -0.4 is 0 Å². The Morgan fingerprint density at radius 3 is 2.73 bits per heavy atom. The Balaban J connectivity index is 1.94. The topological polar surface area (TPSA) is 106 Å². The van der Waals surface area contributed by atoms with Gasteiger partial charge in [0.25, 0.3) is 0 Å². The third-order valence-electron chi connectivity index (χ3n) is 3.43. The van der Waals surface area contributed by atoms with Crippen LogP contribution in [0.5, 0.6) is 0 Å². The number of carbonyl (C=O) groups excluding carboxylic acids is 1. The summed E-state index contributed by atoms with van der Waals surface area (Å²) >= 11 is 0. The van der Waals surface area contributed by atoms with E-state index in [1.165, 1.54) is 4.90 Å². The largest absolute Gasteiger partial charge is 0.480 e. The third-order valence-corrected chi connectivity index (χ3v) is 3.43. The van der Waals surface area contributed by atoms with Gasteiger partial charge in [0, 0.05) is 24.8 Å². The van der Waals surface area contributed by atoms with Crippen LogP contribution in [0.3, 0.4) is 0 Å². The quantitative estimate of drug-likeness (QED) is 0.868. The highest BCUT2D eigenvalue weighted by Crippen LogP contribution is 2.19. The molecule has 2 heterocycles. The van der Waals surface area contributed by atoms with E-state index in [0.717, 1.165) is 0 Å². The van der Waals surface area contributed by atoms with Crippen molar-refractivity contribution in [3.05, 3.63) is 11.7 Å². The van der Waals surface area contributed by atoms with Crippen LogP contribution in [0, 0.1) is 0 Å². The highest BCUT2D eigenvalue weighted by molar-refractivity contribution is 5.84. The lowest BCUT2D eigenvalue weighted by atomic mass is 9.96. The first-order chi connectivity index (χ1) is 10.3. The first kappa shape index (κ1) is 16.4. The van der Waals surface area contributed by atoms with Crippen LogP contribution in [-0.2, 0) is 26.2 Å². The van der Waals surface area contributed by atoms with Gasteiger partial charge in [0.1, 0.15) is 0 Å². The molecule has 0 bridgehead atoms. The van der Waals surface area contributed by atoms with Gasteiger partial charge in [0.15, 0.2) is 11.9 Å². The maximum absolute atomic E-state index is 12.2. The number of amides is 1. The van der Waals surface area contributed by atoms with Crippen molar-refractivity contribution < 1.29 is 24.0 Å². The smallest absolute Gasteiger partial charge is 0.328 e. The Labute approximate surface area is 128 Å². The minimum absolute atomic E-state index is 0.0236. The zero-order valence-electron chi connectivity index (χ0n) is 13.0. The van der Waals surface area contributed by atoms with E-state index in [-0.39, 0.29) is 30.9 Å². The number of carboxylic acids is 1. The summed E-state index contributed by atoms with van der Waals surface area (Å²) in [7, 11) is 0. The van der Waals surface area contributed by atoms with Crippen LogP contribution in [0.2, 0.25) is 0 Å². The lowest BCUT2D eigenvalue weighted by Crippen LogP contribution is -2.52. The molecule has 8 heteroatoms. The van der Waals surface area contributed by atoms with Crippen molar-refractivity contribution in [1.29, 1.82) is 0 Å². The van der Waals surface area contributed by atoms with E-state index in [1.54, 1.807) is 0 Å². The van der Waals surface area contributed by atoms with Crippen LogP contribution in [0.15, 0.2) is 4.52 Å². The van der Waals surface area contributed by atoms with Gasteiger partial charge in [-0.1, -0.05) is 25.9 Å². The van der Waals surface area contributed by atoms with Crippen molar-refractivity contribution in [1.82, 2.24) is 15.0 Å². The molecule has 1 unspecified atom stereocenters. The molecule has 8 nitrogen and oxygen atoms in total. The summed E-state index contributed by atoms with van der Waals surface area (Å²) in [5.74, 6) is -0.324. The number of hydrogen-bond donors (Lipinski definition) is 1. The molecule has 1 amide bonds. The Bertz CT molecular complexity index is 549. The number of aromatic nitrogens is 2. The van der Waals surface area contributed by atoms with E-state index in [1.807, 2.05) is 20.8 Å². The van der Waals surface area contributed by atoms with Crippen molar-refractivity contribution in [3.63, 3.8) is 0 Å². The molecule has 122 valence electrons. The zero-order valence-corrected chi connectivity index (χ0v) is 13.0. The molecule has 0 saturated carbocycles. The van der Waals surface area contributed by atoms with E-state index in [4.69, 9.17) is 14.4 Å². The molecule has 0 aliphatic carbocycles. The summed E-state index contributed by atoms with van der Waals surface area (Å²) in [6.07, 6.45) is 0.432. The lowest BCUT2D eigenvalue weighted by Gasteiger charge is -2.32. The second-order valence-corrected chi connectivity index (χ2v) is 6.28. The number of hydrogen-bond acceptors (Lipinski definition) is 6. The average molecular weight is 311 g/mol. The number of aryl methyl sites for hydroxylation is 1. The summed E-state index contributed by atoms with van der Waals surface area (Å²) < 4.78 is 10.2. The van der Waals surface area contributed by atoms with Crippen LogP contribution in [0.4, 0.5) is 0 Å². The fourth-order valence-electron chi connectivity index (χ4n) is 2.13. The molecule has 1 aromatic heterocycles. The highest BCUT2D eigenvalue weighted by Gasteiger charge is 2.32. The van der Waals surface area contributed by atoms with Crippen molar-refractivity contribution in [3.8, 4) is 0 Å². The normalized spacial score (nSPS) is 19.2. The molecule has 1 saturated heterocycles. The number of morpholine rings is 1. The Morgan fingerprint density at radius 1 is 1.41 bits per heavy atom. The number of ether oxygens (including phenoxy) is 1. The predicted molar refractivity (Wildman–Crippen MR) is 75.3 cm³/mol. The molecule has 1 N–H and O–H groups in total. The van der Waals surface area contributed by atoms with Gasteiger partial charge in [-0.25, -0.2) is 4.79 Å². The molecule has 22 heavy (non-hydrogen) atoms. The van der Waals surface area contributed by atoms with Crippen molar-refractivity contribution in [2.75, 3.05) is 19.8 Å². The minimum Gasteiger partial charge on any atom is -0.480 e. The molecule has 2 rings (SSSR count). The van der Waals surface area contributed by atoms with Gasteiger partial charge in [-0.2, -0.15) is 4.98 Å². The van der Waals surface area contributed by atoms with Crippen molar-refractivity contribution in [2.24, 2.45) is 0 Å². The Morgan fingerprint density at radius 2 is 2.14 bits per heavy atom. The van der Waals surface area contributed by atoms with Gasteiger partial charge in [0.2, 0.25) is 11.8 Å². The maximum atomic E-state index is 12.2. The van der Waals surface area contributed by atoms with E-state index in [9.17, 15) is 9.59 Å². The zero-order chi connectivity index (χ0) is 16.3. The third kappa shape index (κ3) is 3.82. The molecule has 0 radical (unpaired) electrons. The molecule has 1 atom stereocenters. The van der Waals surface area contributed by atoms with Crippen LogP contribution in [0.25, 0.3) is 0 Å². The van der Waals surface area contributed by atoms with Gasteiger partial charge in [-0.05, 0) is 0 Å². The maximum Gasteiger partial charge on any atom is 0.328 e. The summed E-state index contributed by atoms with van der Waals surface area (Å²) in [5.41, 5.74) is -0.218. The van der Waals surface area contributed by atoms with E-state index in [0.29, 0.717) is 24.7 Å². The van der Waals surface area contributed by atoms with Gasteiger partial charge in [0.05, 0.1) is 13.2 Å². The molecule has 0 aromatic carbocycles. The molecule has 0 spiro atoms. The molecule has 1 aliphatic heterocycles. The SMILES string of the molecule is CC(C)(C)c1noc(CCC(=O)N2CCOCC2C(=O)O)n1. The average Bonchev–Trinajstić information content (AvgIpc) is 2.93. The van der Waals surface area contributed by atoms with E-state index in [2.05, 4.69) is 10.1 Å². The van der Waals surface area contributed by atoms with E-state index >= 15 is 0 Å². The molecule has 1 fully saturated rings. The molecule has 1 aromatic rings. The second-order valence-electron chi connectivity index (χ2n) is 6.28. The second kappa shape index (κ2) is 6.43. The summed E-state index contributed by atoms with van der Waals surface area (Å²) in [6, 6.07) is -0.922. The fourth-order valence-corrected chi connectivity index (χ4v) is 2.13. The van der Waals surface area contributed by atoms with Crippen LogP contribution >= 0.6 is 0 Å². The van der Waals surface area contributed by atoms with Crippen LogP contribution in [0.1, 0.15) is 38.9 Å². The number of nitrogens with zero attached hydrogens (tertiary/aromatic N) is 3. The van der Waals surface area contributed by atoms with Gasteiger partial charge < -0.3 is 19.3 Å². The van der Waals surface area contributed by atoms with Gasteiger partial charge in [-0.3, -0.25) is 4.79 Å². The van der Waals surface area contributed by atoms with Crippen molar-refractivity contribution >= 4 is 11.9 Å². The van der Waals surface area contributed by atoms with Crippen LogP contribution in [-0.4, -0.2) is 57.8 Å². The van der Waals surface area contributed by atoms with Gasteiger partial charge >= 0.3 is 5.97 Å². The Kier molecular flexibility index (Phi) is 4.80. The summed E-state index contributed by atoms with van der Waals surface area (Å²) in [6.45, 7) is 6.57. The number of carboxylic acid groups (broad SMARTS) is 1. The Hall–Kier alpha value is -1.96. The number of aliphatic carboxylic acids is 1. The monoisotopic (exact) mass is 311 g/mol. The minimum atomic E-state index is -1.05. The number of rotatable bonds is 4. The molecular formula is C14H21N3O5. The predicted octanol–water partition coefficient (Wildman–Crippen LogP) is 0.612. The molecule has 1 aliphatic rings. The summed E-state index contributed by atoms with van der Waals surface area (Å²) in [4.78, 5) is 29.0.